The SMILES string of the molecule is CCNC(=NCC(C)C(=O)OC)N(C)Cc1ccc(F)cc1. The molecule has 1 aromatic carbocycles. The molecule has 122 valence electrons. The Bertz CT molecular complexity index is 503. The van der Waals surface area contributed by atoms with Crippen LogP contribution in [0.15, 0.2) is 29.3 Å². The maximum Gasteiger partial charge on any atom is 0.310 e. The quantitative estimate of drug-likeness (QED) is 0.496. The lowest BCUT2D eigenvalue weighted by molar-refractivity contribution is -0.144. The molecule has 0 radical (unpaired) electrons. The van der Waals surface area contributed by atoms with E-state index in [1.165, 1.54) is 19.2 Å². The van der Waals surface area contributed by atoms with Crippen molar-refractivity contribution in [1.82, 2.24) is 10.2 Å². The largest absolute Gasteiger partial charge is 0.469 e. The number of guanidine groups is 1. The van der Waals surface area contributed by atoms with E-state index in [0.29, 0.717) is 19.0 Å². The summed E-state index contributed by atoms with van der Waals surface area (Å²) in [6, 6.07) is 6.36. The normalized spacial score (nSPS) is 12.7. The van der Waals surface area contributed by atoms with Gasteiger partial charge in [-0.1, -0.05) is 19.1 Å². The predicted molar refractivity (Wildman–Crippen MR) is 85.0 cm³/mol. The second-order valence-corrected chi connectivity index (χ2v) is 5.10. The molecule has 1 N–H and O–H groups in total. The fourth-order valence-electron chi connectivity index (χ4n) is 1.91. The summed E-state index contributed by atoms with van der Waals surface area (Å²) in [5.74, 6) is -0.125. The highest BCUT2D eigenvalue weighted by Crippen LogP contribution is 2.06. The fourth-order valence-corrected chi connectivity index (χ4v) is 1.91. The van der Waals surface area contributed by atoms with Crippen LogP contribution >= 0.6 is 0 Å². The van der Waals surface area contributed by atoms with Crippen molar-refractivity contribution >= 4 is 11.9 Å². The average Bonchev–Trinajstić information content (AvgIpc) is 2.52. The molecule has 0 amide bonds. The van der Waals surface area contributed by atoms with Crippen LogP contribution < -0.4 is 5.32 Å². The Morgan fingerprint density at radius 3 is 2.59 bits per heavy atom. The number of hydrogen-bond donors (Lipinski definition) is 1. The van der Waals surface area contributed by atoms with Gasteiger partial charge < -0.3 is 15.0 Å². The summed E-state index contributed by atoms with van der Waals surface area (Å²) in [4.78, 5) is 17.8. The molecule has 0 spiro atoms. The van der Waals surface area contributed by atoms with Crippen molar-refractivity contribution in [3.8, 4) is 0 Å². The van der Waals surface area contributed by atoms with E-state index < -0.39 is 0 Å². The zero-order chi connectivity index (χ0) is 16.5. The van der Waals surface area contributed by atoms with E-state index in [2.05, 4.69) is 10.3 Å². The van der Waals surface area contributed by atoms with E-state index in [4.69, 9.17) is 4.74 Å². The molecule has 1 atom stereocenters. The Labute approximate surface area is 131 Å². The molecule has 0 heterocycles. The van der Waals surface area contributed by atoms with Gasteiger partial charge in [0.2, 0.25) is 0 Å². The van der Waals surface area contributed by atoms with E-state index in [-0.39, 0.29) is 17.7 Å². The third-order valence-electron chi connectivity index (χ3n) is 3.15. The Morgan fingerprint density at radius 2 is 2.05 bits per heavy atom. The van der Waals surface area contributed by atoms with Crippen LogP contribution in [0.25, 0.3) is 0 Å². The maximum atomic E-state index is 12.9. The number of nitrogens with one attached hydrogen (secondary N) is 1. The first-order valence-corrected chi connectivity index (χ1v) is 7.29. The first-order chi connectivity index (χ1) is 10.5. The summed E-state index contributed by atoms with van der Waals surface area (Å²) in [6.07, 6.45) is 0. The van der Waals surface area contributed by atoms with Crippen molar-refractivity contribution in [3.05, 3.63) is 35.6 Å². The number of carbonyl (C=O) groups is 1. The number of halogens is 1. The van der Waals surface area contributed by atoms with E-state index >= 15 is 0 Å². The van der Waals surface area contributed by atoms with Gasteiger partial charge in [0.1, 0.15) is 5.82 Å². The number of aliphatic imine (C=N–C) groups is 1. The van der Waals surface area contributed by atoms with Crippen molar-refractivity contribution in [2.75, 3.05) is 27.2 Å². The van der Waals surface area contributed by atoms with Gasteiger partial charge in [0.25, 0.3) is 0 Å². The highest BCUT2D eigenvalue weighted by molar-refractivity contribution is 5.80. The molecule has 0 aliphatic carbocycles. The summed E-state index contributed by atoms with van der Waals surface area (Å²) < 4.78 is 17.6. The lowest BCUT2D eigenvalue weighted by atomic mass is 10.2. The number of nitrogens with zero attached hydrogens (tertiary/aromatic N) is 2. The average molecular weight is 309 g/mol. The number of carbonyl (C=O) groups excluding carboxylic acids is 1. The molecule has 5 nitrogen and oxygen atoms in total. The minimum absolute atomic E-state index is 0.251. The molecule has 1 aromatic rings. The monoisotopic (exact) mass is 309 g/mol. The van der Waals surface area contributed by atoms with Gasteiger partial charge in [0.15, 0.2) is 5.96 Å². The van der Waals surface area contributed by atoms with E-state index in [9.17, 15) is 9.18 Å². The molecule has 6 heteroatoms. The Hall–Kier alpha value is -2.11. The van der Waals surface area contributed by atoms with Crippen LogP contribution in [-0.4, -0.2) is 44.1 Å². The number of hydrogen-bond acceptors (Lipinski definition) is 3. The topological polar surface area (TPSA) is 53.9 Å². The maximum absolute atomic E-state index is 12.9. The molecule has 1 rings (SSSR count). The van der Waals surface area contributed by atoms with Crippen LogP contribution in [0.3, 0.4) is 0 Å². The predicted octanol–water partition coefficient (Wildman–Crippen LogP) is 2.03. The third-order valence-corrected chi connectivity index (χ3v) is 3.15. The molecule has 1 unspecified atom stereocenters. The van der Waals surface area contributed by atoms with Crippen LogP contribution in [0.4, 0.5) is 4.39 Å². The van der Waals surface area contributed by atoms with Crippen LogP contribution in [-0.2, 0) is 16.1 Å². The molecule has 0 aliphatic rings. The van der Waals surface area contributed by atoms with Gasteiger partial charge in [-0.3, -0.25) is 9.79 Å². The molecule has 0 fully saturated rings. The summed E-state index contributed by atoms with van der Waals surface area (Å²) >= 11 is 0. The smallest absolute Gasteiger partial charge is 0.310 e. The third kappa shape index (κ3) is 5.71. The van der Waals surface area contributed by atoms with Crippen molar-refractivity contribution < 1.29 is 13.9 Å². The van der Waals surface area contributed by atoms with Gasteiger partial charge >= 0.3 is 5.97 Å². The number of ether oxygens (including phenoxy) is 1. The van der Waals surface area contributed by atoms with Gasteiger partial charge in [-0.05, 0) is 24.6 Å². The fraction of sp³-hybridized carbons (Fsp3) is 0.500. The summed E-state index contributed by atoms with van der Waals surface area (Å²) in [5, 5.41) is 3.18. The molecule has 0 aliphatic heterocycles. The zero-order valence-electron chi connectivity index (χ0n) is 13.6. The minimum atomic E-state index is -0.294. The highest BCUT2D eigenvalue weighted by atomic mass is 19.1. The van der Waals surface area contributed by atoms with E-state index in [1.807, 2.05) is 18.9 Å². The zero-order valence-corrected chi connectivity index (χ0v) is 13.6. The Morgan fingerprint density at radius 1 is 1.41 bits per heavy atom. The van der Waals surface area contributed by atoms with Gasteiger partial charge in [0.05, 0.1) is 19.6 Å². The van der Waals surface area contributed by atoms with Crippen molar-refractivity contribution in [2.45, 2.75) is 20.4 Å². The van der Waals surface area contributed by atoms with Gasteiger partial charge in [-0.2, -0.15) is 0 Å². The molecule has 0 saturated heterocycles. The standard InChI is InChI=1S/C16H24FN3O2/c1-5-18-16(19-10-12(2)15(21)22-4)20(3)11-13-6-8-14(17)9-7-13/h6-9,12H,5,10-11H2,1-4H3,(H,18,19). The summed E-state index contributed by atoms with van der Waals surface area (Å²) in [7, 11) is 3.27. The number of rotatable bonds is 6. The van der Waals surface area contributed by atoms with Gasteiger partial charge in [-0.25, -0.2) is 4.39 Å². The molecular formula is C16H24FN3O2. The highest BCUT2D eigenvalue weighted by Gasteiger charge is 2.14. The first-order valence-electron chi connectivity index (χ1n) is 7.29. The second-order valence-electron chi connectivity index (χ2n) is 5.10. The van der Waals surface area contributed by atoms with Crippen LogP contribution in [0.5, 0.6) is 0 Å². The van der Waals surface area contributed by atoms with Crippen molar-refractivity contribution in [3.63, 3.8) is 0 Å². The van der Waals surface area contributed by atoms with Crippen molar-refractivity contribution in [2.24, 2.45) is 10.9 Å². The molecule has 0 bridgehead atoms. The van der Waals surface area contributed by atoms with E-state index in [1.54, 1.807) is 19.1 Å². The van der Waals surface area contributed by atoms with Gasteiger partial charge in [-0.15, -0.1) is 0 Å². The molecule has 0 saturated carbocycles. The Kier molecular flexibility index (Phi) is 7.36. The Balaban J connectivity index is 2.71. The summed E-state index contributed by atoms with van der Waals surface area (Å²) in [5.41, 5.74) is 0.982. The van der Waals surface area contributed by atoms with Crippen LogP contribution in [0.2, 0.25) is 0 Å². The van der Waals surface area contributed by atoms with Gasteiger partial charge in [0, 0.05) is 20.1 Å². The lowest BCUT2D eigenvalue weighted by Crippen LogP contribution is -2.39. The van der Waals surface area contributed by atoms with Crippen molar-refractivity contribution in [1.29, 1.82) is 0 Å². The number of benzene rings is 1. The first kappa shape index (κ1) is 17.9. The lowest BCUT2D eigenvalue weighted by Gasteiger charge is -2.22. The van der Waals surface area contributed by atoms with Crippen LogP contribution in [0.1, 0.15) is 19.4 Å². The molecular weight excluding hydrogens is 285 g/mol. The van der Waals surface area contributed by atoms with E-state index in [0.717, 1.165) is 12.1 Å². The second kappa shape index (κ2) is 9.02. The minimum Gasteiger partial charge on any atom is -0.469 e. The number of esters is 1. The number of methoxy groups -OCH3 is 1. The van der Waals surface area contributed by atoms with Crippen LogP contribution in [0, 0.1) is 11.7 Å². The molecule has 0 aromatic heterocycles. The molecule has 22 heavy (non-hydrogen) atoms. The summed E-state index contributed by atoms with van der Waals surface area (Å²) in [6.45, 7) is 5.42.